The molecule has 0 spiro atoms. The number of rotatable bonds is 5. The summed E-state index contributed by atoms with van der Waals surface area (Å²) in [7, 11) is 0. The van der Waals surface area contributed by atoms with Crippen LogP contribution in [-0.2, 0) is 4.74 Å². The number of primary amides is 1. The molecule has 2 aromatic carbocycles. The van der Waals surface area contributed by atoms with Crippen molar-refractivity contribution in [1.29, 1.82) is 5.41 Å². The van der Waals surface area contributed by atoms with Gasteiger partial charge in [0.25, 0.3) is 0 Å². The third kappa shape index (κ3) is 6.23. The Balaban J connectivity index is 1.77. The number of nitrogens with one attached hydrogen (secondary N) is 2. The maximum atomic E-state index is 12.5. The molecule has 0 aromatic heterocycles. The van der Waals surface area contributed by atoms with Crippen molar-refractivity contribution < 1.29 is 19.1 Å². The van der Waals surface area contributed by atoms with Gasteiger partial charge in [0.05, 0.1) is 12.2 Å². The number of nitrogens with two attached hydrogens (primary N) is 1. The second kappa shape index (κ2) is 9.72. The lowest BCUT2D eigenvalue weighted by molar-refractivity contribution is 0.00784. The molecular formula is C24H30N4O4. The molecular weight excluding hydrogens is 408 g/mol. The minimum absolute atomic E-state index is 0.163. The Bertz CT molecular complexity index is 985. The predicted octanol–water partition coefficient (Wildman–Crippen LogP) is 4.00. The van der Waals surface area contributed by atoms with Gasteiger partial charge < -0.3 is 25.4 Å². The molecule has 8 heteroatoms. The summed E-state index contributed by atoms with van der Waals surface area (Å²) < 4.78 is 11.7. The van der Waals surface area contributed by atoms with Crippen molar-refractivity contribution in [1.82, 2.24) is 4.90 Å². The fourth-order valence-corrected chi connectivity index (χ4v) is 3.40. The largest absolute Gasteiger partial charge is 0.486 e. The normalized spacial score (nSPS) is 16.2. The highest BCUT2D eigenvalue weighted by Crippen LogP contribution is 2.29. The van der Waals surface area contributed by atoms with Gasteiger partial charge in [-0.1, -0.05) is 30.3 Å². The number of hydrogen-bond donors (Lipinski definition) is 3. The smallest absolute Gasteiger partial charge is 0.410 e. The summed E-state index contributed by atoms with van der Waals surface area (Å²) in [5.74, 6) is 0.0717. The molecule has 1 aliphatic heterocycles. The molecule has 0 saturated carbocycles. The molecule has 3 rings (SSSR count). The zero-order valence-electron chi connectivity index (χ0n) is 18.7. The molecule has 0 unspecified atom stereocenters. The summed E-state index contributed by atoms with van der Waals surface area (Å²) in [6.07, 6.45) is 0.944. The molecule has 32 heavy (non-hydrogen) atoms. The van der Waals surface area contributed by atoms with Crippen LogP contribution in [0.25, 0.3) is 0 Å². The van der Waals surface area contributed by atoms with Crippen LogP contribution in [0.1, 0.15) is 49.5 Å². The molecule has 1 heterocycles. The Morgan fingerprint density at radius 2 is 1.84 bits per heavy atom. The number of anilines is 1. The van der Waals surface area contributed by atoms with Crippen LogP contribution < -0.4 is 15.8 Å². The Hall–Kier alpha value is -3.55. The lowest BCUT2D eigenvalue weighted by Gasteiger charge is -2.34. The number of carbonyl (C=O) groups is 2. The number of benzene rings is 2. The number of likely N-dealkylation sites (tertiary alicyclic amines) is 1. The standard InChI is InChI=1S/C24H30N4O4/c1-24(2,3)32-23(30)28-13-7-10-18(15-28)31-20-12-11-17(22(26)29)14-19(20)27-21(25)16-8-5-4-6-9-16/h4-6,8-9,11-12,14,18H,7,10,13,15H2,1-3H3,(H2,25,27)(H2,26,29)/t18-/m0/s1. The predicted molar refractivity (Wildman–Crippen MR) is 123 cm³/mol. The summed E-state index contributed by atoms with van der Waals surface area (Å²) in [6, 6.07) is 14.0. The number of amides is 2. The van der Waals surface area contributed by atoms with Gasteiger partial charge in [0.15, 0.2) is 0 Å². The van der Waals surface area contributed by atoms with Crippen LogP contribution in [-0.4, -0.2) is 47.5 Å². The minimum atomic E-state index is -0.570. The van der Waals surface area contributed by atoms with Crippen LogP contribution in [0, 0.1) is 5.41 Å². The maximum Gasteiger partial charge on any atom is 0.410 e. The SMILES string of the molecule is CC(C)(C)OC(=O)N1CCC[C@H](Oc2ccc(C(N)=O)cc2NC(=N)c2ccccc2)C1. The minimum Gasteiger partial charge on any atom is -0.486 e. The number of amidine groups is 1. The Kier molecular flexibility index (Phi) is 7.02. The maximum absolute atomic E-state index is 12.5. The van der Waals surface area contributed by atoms with Gasteiger partial charge in [0, 0.05) is 17.7 Å². The molecule has 0 radical (unpaired) electrons. The summed E-state index contributed by atoms with van der Waals surface area (Å²) in [5, 5.41) is 11.4. The van der Waals surface area contributed by atoms with E-state index in [-0.39, 0.29) is 18.0 Å². The Morgan fingerprint density at radius 3 is 2.50 bits per heavy atom. The summed E-state index contributed by atoms with van der Waals surface area (Å²) in [6.45, 7) is 6.51. The van der Waals surface area contributed by atoms with Gasteiger partial charge in [-0.25, -0.2) is 4.79 Å². The van der Waals surface area contributed by atoms with Crippen LogP contribution in [0.3, 0.4) is 0 Å². The van der Waals surface area contributed by atoms with Crippen molar-refractivity contribution in [2.45, 2.75) is 45.3 Å². The third-order valence-corrected chi connectivity index (χ3v) is 4.91. The van der Waals surface area contributed by atoms with Crippen molar-refractivity contribution >= 4 is 23.5 Å². The van der Waals surface area contributed by atoms with Crippen LogP contribution in [0.4, 0.5) is 10.5 Å². The molecule has 4 N–H and O–H groups in total. The van der Waals surface area contributed by atoms with Gasteiger partial charge in [0.2, 0.25) is 5.91 Å². The van der Waals surface area contributed by atoms with E-state index < -0.39 is 11.5 Å². The molecule has 1 fully saturated rings. The highest BCUT2D eigenvalue weighted by atomic mass is 16.6. The molecule has 1 aliphatic rings. The summed E-state index contributed by atoms with van der Waals surface area (Å²) >= 11 is 0. The fourth-order valence-electron chi connectivity index (χ4n) is 3.40. The van der Waals surface area contributed by atoms with Crippen molar-refractivity contribution in [2.75, 3.05) is 18.4 Å². The first-order valence-electron chi connectivity index (χ1n) is 10.6. The molecule has 2 amide bonds. The van der Waals surface area contributed by atoms with Crippen LogP contribution in [0.15, 0.2) is 48.5 Å². The first kappa shape index (κ1) is 23.1. The zero-order valence-corrected chi connectivity index (χ0v) is 18.7. The first-order chi connectivity index (χ1) is 15.1. The Morgan fingerprint density at radius 1 is 1.12 bits per heavy atom. The molecule has 0 bridgehead atoms. The van der Waals surface area contributed by atoms with E-state index in [1.54, 1.807) is 23.1 Å². The number of ether oxygens (including phenoxy) is 2. The number of carbonyl (C=O) groups excluding carboxylic acids is 2. The second-order valence-corrected chi connectivity index (χ2v) is 8.75. The van der Waals surface area contributed by atoms with E-state index in [0.29, 0.717) is 35.7 Å². The number of piperidine rings is 1. The zero-order chi connectivity index (χ0) is 23.3. The van der Waals surface area contributed by atoms with Gasteiger partial charge in [-0.05, 0) is 51.8 Å². The summed E-state index contributed by atoms with van der Waals surface area (Å²) in [5.41, 5.74) is 6.34. The molecule has 1 saturated heterocycles. The quantitative estimate of drug-likeness (QED) is 0.482. The van der Waals surface area contributed by atoms with E-state index in [1.807, 2.05) is 51.1 Å². The first-order valence-corrected chi connectivity index (χ1v) is 10.6. The average Bonchev–Trinajstić information content (AvgIpc) is 2.74. The van der Waals surface area contributed by atoms with Crippen molar-refractivity contribution in [3.05, 3.63) is 59.7 Å². The molecule has 1 atom stereocenters. The number of hydrogen-bond acceptors (Lipinski definition) is 5. The molecule has 0 aliphatic carbocycles. The van der Waals surface area contributed by atoms with Gasteiger partial charge in [0.1, 0.15) is 23.3 Å². The van der Waals surface area contributed by atoms with E-state index in [0.717, 1.165) is 12.8 Å². The monoisotopic (exact) mass is 438 g/mol. The van der Waals surface area contributed by atoms with Crippen molar-refractivity contribution in [3.8, 4) is 5.75 Å². The van der Waals surface area contributed by atoms with Crippen LogP contribution >= 0.6 is 0 Å². The van der Waals surface area contributed by atoms with E-state index in [9.17, 15) is 9.59 Å². The highest BCUT2D eigenvalue weighted by Gasteiger charge is 2.29. The van der Waals surface area contributed by atoms with Crippen molar-refractivity contribution in [3.63, 3.8) is 0 Å². The molecule has 2 aromatic rings. The van der Waals surface area contributed by atoms with E-state index >= 15 is 0 Å². The van der Waals surface area contributed by atoms with Crippen LogP contribution in [0.2, 0.25) is 0 Å². The lowest BCUT2D eigenvalue weighted by Crippen LogP contribution is -2.46. The highest BCUT2D eigenvalue weighted by molar-refractivity contribution is 6.07. The van der Waals surface area contributed by atoms with Gasteiger partial charge in [-0.3, -0.25) is 10.2 Å². The van der Waals surface area contributed by atoms with Crippen molar-refractivity contribution in [2.24, 2.45) is 5.73 Å². The Labute approximate surface area is 188 Å². The average molecular weight is 439 g/mol. The summed E-state index contributed by atoms with van der Waals surface area (Å²) in [4.78, 5) is 25.8. The third-order valence-electron chi connectivity index (χ3n) is 4.91. The van der Waals surface area contributed by atoms with E-state index in [2.05, 4.69) is 5.32 Å². The van der Waals surface area contributed by atoms with Gasteiger partial charge in [-0.15, -0.1) is 0 Å². The van der Waals surface area contributed by atoms with Gasteiger partial charge >= 0.3 is 6.09 Å². The van der Waals surface area contributed by atoms with Crippen LogP contribution in [0.5, 0.6) is 5.75 Å². The number of nitrogens with zero attached hydrogens (tertiary/aromatic N) is 1. The fraction of sp³-hybridized carbons (Fsp3) is 0.375. The lowest BCUT2D eigenvalue weighted by atomic mass is 10.1. The second-order valence-electron chi connectivity index (χ2n) is 8.75. The molecule has 8 nitrogen and oxygen atoms in total. The van der Waals surface area contributed by atoms with E-state index in [1.165, 1.54) is 0 Å². The van der Waals surface area contributed by atoms with E-state index in [4.69, 9.17) is 20.6 Å². The van der Waals surface area contributed by atoms with Gasteiger partial charge in [-0.2, -0.15) is 0 Å². The topological polar surface area (TPSA) is 118 Å². The molecule has 170 valence electrons.